The highest BCUT2D eigenvalue weighted by Gasteiger charge is 2.34. The normalized spacial score (nSPS) is 24.4. The molecule has 2 rings (SSSR count). The molecule has 0 spiro atoms. The zero-order valence-corrected chi connectivity index (χ0v) is 13.9. The smallest absolute Gasteiger partial charge is 0.00956 e. The Morgan fingerprint density at radius 1 is 1.00 bits per heavy atom. The highest BCUT2D eigenvalue weighted by Crippen LogP contribution is 2.37. The van der Waals surface area contributed by atoms with Crippen molar-refractivity contribution in [2.75, 3.05) is 19.6 Å². The fourth-order valence-electron chi connectivity index (χ4n) is 4.42. The SMILES string of the molecule is CC(C)CN(CC1(CN)CCCCCC1)C1CCCC1. The Labute approximate surface area is 126 Å². The van der Waals surface area contributed by atoms with Crippen molar-refractivity contribution in [3.05, 3.63) is 0 Å². The molecule has 2 aliphatic rings. The van der Waals surface area contributed by atoms with Gasteiger partial charge in [0, 0.05) is 19.1 Å². The third kappa shape index (κ3) is 4.46. The summed E-state index contributed by atoms with van der Waals surface area (Å²) in [5.74, 6) is 0.774. The largest absolute Gasteiger partial charge is 0.330 e. The molecule has 0 amide bonds. The quantitative estimate of drug-likeness (QED) is 0.739. The minimum atomic E-state index is 0.425. The van der Waals surface area contributed by atoms with Gasteiger partial charge in [0.1, 0.15) is 0 Å². The van der Waals surface area contributed by atoms with Gasteiger partial charge in [0.2, 0.25) is 0 Å². The Morgan fingerprint density at radius 3 is 2.10 bits per heavy atom. The van der Waals surface area contributed by atoms with Gasteiger partial charge in [0.25, 0.3) is 0 Å². The van der Waals surface area contributed by atoms with Gasteiger partial charge in [-0.3, -0.25) is 4.90 Å². The molecule has 2 nitrogen and oxygen atoms in total. The Hall–Kier alpha value is -0.0800. The maximum atomic E-state index is 6.26. The Kier molecular flexibility index (Phi) is 6.35. The molecule has 118 valence electrons. The van der Waals surface area contributed by atoms with E-state index in [0.29, 0.717) is 5.41 Å². The van der Waals surface area contributed by atoms with Crippen molar-refractivity contribution in [3.63, 3.8) is 0 Å². The van der Waals surface area contributed by atoms with E-state index in [9.17, 15) is 0 Å². The van der Waals surface area contributed by atoms with E-state index < -0.39 is 0 Å². The Bertz CT molecular complexity index is 261. The second-order valence-corrected chi connectivity index (χ2v) is 7.88. The molecule has 0 radical (unpaired) electrons. The second-order valence-electron chi connectivity index (χ2n) is 7.88. The van der Waals surface area contributed by atoms with Crippen molar-refractivity contribution in [2.24, 2.45) is 17.1 Å². The number of nitrogens with two attached hydrogens (primary N) is 1. The summed E-state index contributed by atoms with van der Waals surface area (Å²) >= 11 is 0. The van der Waals surface area contributed by atoms with Crippen molar-refractivity contribution in [1.82, 2.24) is 4.90 Å². The first-order valence-electron chi connectivity index (χ1n) is 9.09. The summed E-state index contributed by atoms with van der Waals surface area (Å²) in [4.78, 5) is 2.83. The number of hydrogen-bond donors (Lipinski definition) is 1. The maximum Gasteiger partial charge on any atom is 0.00956 e. The lowest BCUT2D eigenvalue weighted by Gasteiger charge is -2.40. The van der Waals surface area contributed by atoms with Crippen LogP contribution in [0, 0.1) is 11.3 Å². The predicted molar refractivity (Wildman–Crippen MR) is 87.9 cm³/mol. The van der Waals surface area contributed by atoms with Crippen LogP contribution >= 0.6 is 0 Å². The van der Waals surface area contributed by atoms with E-state index in [-0.39, 0.29) is 0 Å². The average molecular weight is 280 g/mol. The minimum Gasteiger partial charge on any atom is -0.330 e. The third-order valence-electron chi connectivity index (χ3n) is 5.58. The molecule has 0 heterocycles. The van der Waals surface area contributed by atoms with Crippen LogP contribution in [-0.2, 0) is 0 Å². The third-order valence-corrected chi connectivity index (χ3v) is 5.58. The van der Waals surface area contributed by atoms with Crippen LogP contribution < -0.4 is 5.73 Å². The van der Waals surface area contributed by atoms with E-state index >= 15 is 0 Å². The van der Waals surface area contributed by atoms with E-state index in [0.717, 1.165) is 18.5 Å². The zero-order chi connectivity index (χ0) is 14.4. The van der Waals surface area contributed by atoms with Crippen LogP contribution in [0.25, 0.3) is 0 Å². The van der Waals surface area contributed by atoms with Crippen LogP contribution in [0.2, 0.25) is 0 Å². The highest BCUT2D eigenvalue weighted by molar-refractivity contribution is 4.89. The lowest BCUT2D eigenvalue weighted by atomic mass is 9.79. The Morgan fingerprint density at radius 2 is 1.60 bits per heavy atom. The summed E-state index contributed by atoms with van der Waals surface area (Å²) in [6, 6.07) is 0.851. The lowest BCUT2D eigenvalue weighted by molar-refractivity contribution is 0.0894. The monoisotopic (exact) mass is 280 g/mol. The fraction of sp³-hybridized carbons (Fsp3) is 1.00. The van der Waals surface area contributed by atoms with Gasteiger partial charge >= 0.3 is 0 Å². The van der Waals surface area contributed by atoms with Gasteiger partial charge in [0.15, 0.2) is 0 Å². The van der Waals surface area contributed by atoms with E-state index in [1.54, 1.807) is 0 Å². The molecule has 0 saturated heterocycles. The topological polar surface area (TPSA) is 29.3 Å². The molecule has 2 N–H and O–H groups in total. The van der Waals surface area contributed by atoms with Gasteiger partial charge in [-0.25, -0.2) is 0 Å². The van der Waals surface area contributed by atoms with Gasteiger partial charge in [0.05, 0.1) is 0 Å². The highest BCUT2D eigenvalue weighted by atomic mass is 15.2. The summed E-state index contributed by atoms with van der Waals surface area (Å²) in [5, 5.41) is 0. The molecule has 0 atom stereocenters. The number of nitrogens with zero attached hydrogens (tertiary/aromatic N) is 1. The lowest BCUT2D eigenvalue weighted by Crippen LogP contribution is -2.47. The predicted octanol–water partition coefficient (Wildman–Crippen LogP) is 4.19. The molecule has 0 unspecified atom stereocenters. The van der Waals surface area contributed by atoms with Crippen molar-refractivity contribution >= 4 is 0 Å². The molecule has 2 fully saturated rings. The molecule has 0 aliphatic heterocycles. The minimum absolute atomic E-state index is 0.425. The van der Waals surface area contributed by atoms with E-state index in [1.165, 1.54) is 77.3 Å². The molecule has 0 bridgehead atoms. The van der Waals surface area contributed by atoms with Gasteiger partial charge < -0.3 is 5.73 Å². The van der Waals surface area contributed by atoms with Crippen molar-refractivity contribution in [3.8, 4) is 0 Å². The van der Waals surface area contributed by atoms with Crippen LogP contribution in [0.5, 0.6) is 0 Å². The van der Waals surface area contributed by atoms with Crippen molar-refractivity contribution < 1.29 is 0 Å². The number of hydrogen-bond acceptors (Lipinski definition) is 2. The molecular weight excluding hydrogens is 244 g/mol. The molecule has 2 aliphatic carbocycles. The van der Waals surface area contributed by atoms with Gasteiger partial charge in [-0.05, 0) is 43.6 Å². The first-order chi connectivity index (χ1) is 9.65. The summed E-state index contributed by atoms with van der Waals surface area (Å²) < 4.78 is 0. The molecule has 0 aromatic rings. The molecule has 2 saturated carbocycles. The van der Waals surface area contributed by atoms with Gasteiger partial charge in [-0.15, -0.1) is 0 Å². The average Bonchev–Trinajstić information content (AvgIpc) is 2.85. The molecule has 0 aromatic carbocycles. The van der Waals surface area contributed by atoms with Crippen LogP contribution in [0.4, 0.5) is 0 Å². The molecule has 2 heteroatoms. The summed E-state index contributed by atoms with van der Waals surface area (Å²) in [6.07, 6.45) is 14.1. The van der Waals surface area contributed by atoms with E-state index in [4.69, 9.17) is 5.73 Å². The maximum absolute atomic E-state index is 6.26. The van der Waals surface area contributed by atoms with Gasteiger partial charge in [-0.1, -0.05) is 52.4 Å². The van der Waals surface area contributed by atoms with E-state index in [2.05, 4.69) is 18.7 Å². The van der Waals surface area contributed by atoms with Gasteiger partial charge in [-0.2, -0.15) is 0 Å². The van der Waals surface area contributed by atoms with Crippen LogP contribution in [-0.4, -0.2) is 30.6 Å². The van der Waals surface area contributed by atoms with Crippen molar-refractivity contribution in [2.45, 2.75) is 84.1 Å². The fourth-order valence-corrected chi connectivity index (χ4v) is 4.42. The van der Waals surface area contributed by atoms with E-state index in [1.807, 2.05) is 0 Å². The standard InChI is InChI=1S/C18H36N2/c1-16(2)13-20(17-9-5-6-10-17)15-18(14-19)11-7-3-4-8-12-18/h16-17H,3-15,19H2,1-2H3. The zero-order valence-electron chi connectivity index (χ0n) is 13.9. The first kappa shape index (κ1) is 16.3. The molecular formula is C18H36N2. The summed E-state index contributed by atoms with van der Waals surface area (Å²) in [5.41, 5.74) is 6.68. The van der Waals surface area contributed by atoms with Crippen LogP contribution in [0.15, 0.2) is 0 Å². The van der Waals surface area contributed by atoms with Crippen LogP contribution in [0.3, 0.4) is 0 Å². The molecule has 0 aromatic heterocycles. The second kappa shape index (κ2) is 7.79. The summed E-state index contributed by atoms with van der Waals surface area (Å²) in [7, 11) is 0. The first-order valence-corrected chi connectivity index (χ1v) is 9.09. The van der Waals surface area contributed by atoms with Crippen LogP contribution in [0.1, 0.15) is 78.1 Å². The molecule has 20 heavy (non-hydrogen) atoms. The van der Waals surface area contributed by atoms with Crippen molar-refractivity contribution in [1.29, 1.82) is 0 Å². The summed E-state index contributed by atoms with van der Waals surface area (Å²) in [6.45, 7) is 8.17. The number of rotatable bonds is 6. The Balaban J connectivity index is 2.02.